The molecule has 3 aromatic carbocycles. The molecule has 1 saturated heterocycles. The molecule has 0 spiro atoms. The van der Waals surface area contributed by atoms with Gasteiger partial charge in [-0.05, 0) is 59.8 Å². The number of aromatic nitrogens is 1. The van der Waals surface area contributed by atoms with Gasteiger partial charge in [-0.1, -0.05) is 59.1 Å². The molecule has 5 rings (SSSR count). The van der Waals surface area contributed by atoms with E-state index in [1.165, 1.54) is 13.2 Å². The van der Waals surface area contributed by atoms with E-state index in [2.05, 4.69) is 5.32 Å². The first-order valence-corrected chi connectivity index (χ1v) is 13.6. The lowest BCUT2D eigenvalue weighted by molar-refractivity contribution is -0.127. The molecule has 1 aliphatic rings. The molecule has 3 amide bonds. The third kappa shape index (κ3) is 5.79. The zero-order valence-electron chi connectivity index (χ0n) is 20.4. The summed E-state index contributed by atoms with van der Waals surface area (Å²) in [4.78, 5) is 39.5. The molecule has 0 aliphatic carbocycles. The van der Waals surface area contributed by atoms with E-state index in [1.54, 1.807) is 30.3 Å². The Morgan fingerprint density at radius 1 is 1.03 bits per heavy atom. The molecule has 0 bridgehead atoms. The number of halogens is 3. The second-order valence-electron chi connectivity index (χ2n) is 8.63. The second kappa shape index (κ2) is 11.4. The Morgan fingerprint density at radius 3 is 2.56 bits per heavy atom. The lowest BCUT2D eigenvalue weighted by Gasteiger charge is -2.13. The molecule has 7 nitrogen and oxygen atoms in total. The molecule has 2 heterocycles. The van der Waals surface area contributed by atoms with Gasteiger partial charge in [0.1, 0.15) is 12.3 Å². The number of methoxy groups -OCH3 is 1. The average Bonchev–Trinajstić information content (AvgIpc) is 3.37. The smallest absolute Gasteiger partial charge is 0.294 e. The minimum atomic E-state index is -0.537. The van der Waals surface area contributed by atoms with Crippen molar-refractivity contribution < 1.29 is 19.1 Å². The first kappa shape index (κ1) is 27.1. The Balaban J connectivity index is 1.36. The van der Waals surface area contributed by atoms with Crippen LogP contribution in [0.3, 0.4) is 0 Å². The van der Waals surface area contributed by atoms with Crippen LogP contribution in [0.15, 0.2) is 71.8 Å². The Kier molecular flexibility index (Phi) is 7.91. The number of imide groups is 1. The highest BCUT2D eigenvalue weighted by atomic mass is 35.5. The van der Waals surface area contributed by atoms with E-state index in [1.807, 2.05) is 41.1 Å². The SMILES string of the molecule is COc1ccc(NC(=O)CN2C(=O)S/C(=C/c3cn(Cc4ccc(Cl)cc4Cl)c4ccccc34)C2=O)cc1Cl. The van der Waals surface area contributed by atoms with Crippen LogP contribution in [0.25, 0.3) is 17.0 Å². The lowest BCUT2D eigenvalue weighted by atomic mass is 10.1. The summed E-state index contributed by atoms with van der Waals surface area (Å²) in [6.07, 6.45) is 3.58. The summed E-state index contributed by atoms with van der Waals surface area (Å²) in [5.74, 6) is -0.606. The molecule has 1 N–H and O–H groups in total. The Bertz CT molecular complexity index is 1670. The van der Waals surface area contributed by atoms with Gasteiger partial charge in [0.05, 0.1) is 17.0 Å². The number of carbonyl (C=O) groups excluding carboxylic acids is 3. The molecule has 1 aliphatic heterocycles. The molecular formula is C28H20Cl3N3O4S. The average molecular weight is 601 g/mol. The van der Waals surface area contributed by atoms with Gasteiger partial charge in [-0.25, -0.2) is 0 Å². The highest BCUT2D eigenvalue weighted by Gasteiger charge is 2.36. The Labute approximate surface area is 243 Å². The quantitative estimate of drug-likeness (QED) is 0.225. The lowest BCUT2D eigenvalue weighted by Crippen LogP contribution is -2.36. The van der Waals surface area contributed by atoms with Crippen molar-refractivity contribution in [2.45, 2.75) is 6.54 Å². The van der Waals surface area contributed by atoms with E-state index in [0.29, 0.717) is 33.0 Å². The van der Waals surface area contributed by atoms with Crippen molar-refractivity contribution in [3.05, 3.63) is 98.0 Å². The first-order valence-electron chi connectivity index (χ1n) is 11.6. The highest BCUT2D eigenvalue weighted by Crippen LogP contribution is 2.35. The first-order chi connectivity index (χ1) is 18.7. The number of ether oxygens (including phenoxy) is 1. The molecule has 1 aromatic heterocycles. The van der Waals surface area contributed by atoms with Gasteiger partial charge in [-0.2, -0.15) is 0 Å². The van der Waals surface area contributed by atoms with Crippen LogP contribution in [0.2, 0.25) is 15.1 Å². The van der Waals surface area contributed by atoms with Gasteiger partial charge in [0.2, 0.25) is 5.91 Å². The Morgan fingerprint density at radius 2 is 1.82 bits per heavy atom. The maximum absolute atomic E-state index is 13.1. The van der Waals surface area contributed by atoms with Crippen LogP contribution < -0.4 is 10.1 Å². The fourth-order valence-corrected chi connectivity index (χ4v) is 5.78. The highest BCUT2D eigenvalue weighted by molar-refractivity contribution is 8.18. The number of anilines is 1. The van der Waals surface area contributed by atoms with Gasteiger partial charge < -0.3 is 14.6 Å². The molecule has 0 radical (unpaired) electrons. The molecule has 11 heteroatoms. The van der Waals surface area contributed by atoms with Crippen LogP contribution in [0, 0.1) is 0 Å². The number of nitrogens with one attached hydrogen (secondary N) is 1. The summed E-state index contributed by atoms with van der Waals surface area (Å²) in [7, 11) is 1.49. The number of hydrogen-bond donors (Lipinski definition) is 1. The minimum Gasteiger partial charge on any atom is -0.495 e. The number of carbonyl (C=O) groups is 3. The van der Waals surface area contributed by atoms with Gasteiger partial charge in [-0.3, -0.25) is 19.3 Å². The minimum absolute atomic E-state index is 0.229. The molecule has 0 saturated carbocycles. The third-order valence-electron chi connectivity index (χ3n) is 6.07. The Hall–Kier alpha value is -3.43. The van der Waals surface area contributed by atoms with E-state index in [0.717, 1.165) is 38.7 Å². The van der Waals surface area contributed by atoms with E-state index < -0.39 is 23.6 Å². The number of hydrogen-bond acceptors (Lipinski definition) is 5. The van der Waals surface area contributed by atoms with Crippen molar-refractivity contribution in [3.63, 3.8) is 0 Å². The molecular weight excluding hydrogens is 581 g/mol. The van der Waals surface area contributed by atoms with Crippen LogP contribution in [0.4, 0.5) is 10.5 Å². The van der Waals surface area contributed by atoms with Crippen molar-refractivity contribution in [1.82, 2.24) is 9.47 Å². The summed E-state index contributed by atoms with van der Waals surface area (Å²) < 4.78 is 7.13. The van der Waals surface area contributed by atoms with Crippen molar-refractivity contribution in [1.29, 1.82) is 0 Å². The van der Waals surface area contributed by atoms with Gasteiger partial charge in [0.15, 0.2) is 0 Å². The molecule has 1 fully saturated rings. The van der Waals surface area contributed by atoms with E-state index in [-0.39, 0.29) is 4.91 Å². The van der Waals surface area contributed by atoms with Crippen molar-refractivity contribution in [2.75, 3.05) is 19.0 Å². The fourth-order valence-electron chi connectivity index (χ4n) is 4.22. The number of benzene rings is 3. The largest absolute Gasteiger partial charge is 0.495 e. The zero-order chi connectivity index (χ0) is 27.7. The van der Waals surface area contributed by atoms with E-state index in [9.17, 15) is 14.4 Å². The van der Waals surface area contributed by atoms with Crippen LogP contribution in [0.5, 0.6) is 5.75 Å². The van der Waals surface area contributed by atoms with E-state index >= 15 is 0 Å². The van der Waals surface area contributed by atoms with Crippen molar-refractivity contribution in [3.8, 4) is 5.75 Å². The fraction of sp³-hybridized carbons (Fsp3) is 0.107. The molecule has 0 atom stereocenters. The number of para-hydroxylation sites is 1. The van der Waals surface area contributed by atoms with Crippen molar-refractivity contribution >= 4 is 86.3 Å². The molecule has 39 heavy (non-hydrogen) atoms. The second-order valence-corrected chi connectivity index (χ2v) is 10.9. The van der Waals surface area contributed by atoms with Crippen LogP contribution in [-0.4, -0.2) is 40.2 Å². The standard InChI is InChI=1S/C28H20Cl3N3O4S/c1-38-24-9-8-19(12-22(24)31)32-26(35)15-34-27(36)25(39-28(34)37)10-17-14-33(23-5-3-2-4-20(17)23)13-16-6-7-18(29)11-21(16)30/h2-12,14H,13,15H2,1H3,(H,32,35)/b25-10+. The summed E-state index contributed by atoms with van der Waals surface area (Å²) in [5.41, 5.74) is 3.00. The number of rotatable bonds is 7. The summed E-state index contributed by atoms with van der Waals surface area (Å²) in [6, 6.07) is 17.8. The molecule has 0 unspecified atom stereocenters. The molecule has 198 valence electrons. The molecule has 4 aromatic rings. The van der Waals surface area contributed by atoms with Crippen molar-refractivity contribution in [2.24, 2.45) is 0 Å². The maximum Gasteiger partial charge on any atom is 0.294 e. The summed E-state index contributed by atoms with van der Waals surface area (Å²) in [5, 5.41) is 4.46. The number of nitrogens with zero attached hydrogens (tertiary/aromatic N) is 2. The summed E-state index contributed by atoms with van der Waals surface area (Å²) >= 11 is 19.3. The normalized spacial score (nSPS) is 14.5. The third-order valence-corrected chi connectivity index (χ3v) is 7.86. The van der Waals surface area contributed by atoms with Gasteiger partial charge >= 0.3 is 0 Å². The van der Waals surface area contributed by atoms with E-state index in [4.69, 9.17) is 39.5 Å². The maximum atomic E-state index is 13.1. The summed E-state index contributed by atoms with van der Waals surface area (Å²) in [6.45, 7) is 0.0594. The zero-order valence-corrected chi connectivity index (χ0v) is 23.5. The van der Waals surface area contributed by atoms with Gasteiger partial charge in [0.25, 0.3) is 11.1 Å². The predicted molar refractivity (Wildman–Crippen MR) is 157 cm³/mol. The number of thioether (sulfide) groups is 1. The van der Waals surface area contributed by atoms with Crippen LogP contribution in [0.1, 0.15) is 11.1 Å². The number of amides is 3. The topological polar surface area (TPSA) is 80.6 Å². The van der Waals surface area contributed by atoms with Gasteiger partial charge in [-0.15, -0.1) is 0 Å². The predicted octanol–water partition coefficient (Wildman–Crippen LogP) is 7.33. The number of fused-ring (bicyclic) bond motifs is 1. The van der Waals surface area contributed by atoms with Gasteiger partial charge in [0, 0.05) is 44.9 Å². The van der Waals surface area contributed by atoms with Crippen LogP contribution in [-0.2, 0) is 16.1 Å². The monoisotopic (exact) mass is 599 g/mol. The van der Waals surface area contributed by atoms with Crippen LogP contribution >= 0.6 is 46.6 Å².